The summed E-state index contributed by atoms with van der Waals surface area (Å²) >= 11 is 0. The third-order valence-corrected chi connectivity index (χ3v) is 8.66. The minimum absolute atomic E-state index is 0.0522. The van der Waals surface area contributed by atoms with Gasteiger partial charge in [-0.3, -0.25) is 14.7 Å². The van der Waals surface area contributed by atoms with Crippen LogP contribution in [-0.2, 0) is 14.3 Å². The van der Waals surface area contributed by atoms with Gasteiger partial charge < -0.3 is 34.1 Å². The Morgan fingerprint density at radius 1 is 1.07 bits per heavy atom. The molecule has 228 valence electrons. The fraction of sp³-hybridized carbons (Fsp3) is 0.455. The number of carbonyl (C=O) groups excluding carboxylic acids is 1. The summed E-state index contributed by atoms with van der Waals surface area (Å²) in [7, 11) is 3.17. The summed E-state index contributed by atoms with van der Waals surface area (Å²) in [5, 5.41) is 14.1. The Balaban J connectivity index is 1.13. The minimum atomic E-state index is -0.401. The van der Waals surface area contributed by atoms with Crippen LogP contribution in [0, 0.1) is 5.41 Å². The highest BCUT2D eigenvalue weighted by Gasteiger charge is 2.67. The van der Waals surface area contributed by atoms with Crippen LogP contribution in [0.3, 0.4) is 0 Å². The normalized spacial score (nSPS) is 18.2. The lowest BCUT2D eigenvalue weighted by Crippen LogP contribution is -2.40. The Morgan fingerprint density at radius 3 is 2.53 bits per heavy atom. The number of nitrogens with one attached hydrogen (secondary N) is 1. The third kappa shape index (κ3) is 5.50. The number of methoxy groups -OCH3 is 1. The molecular weight excluding hydrogens is 550 g/mol. The number of hydrogen-bond acceptors (Lipinski definition) is 9. The van der Waals surface area contributed by atoms with Gasteiger partial charge in [-0.15, -0.1) is 0 Å². The second-order valence-corrected chi connectivity index (χ2v) is 11.7. The smallest absolute Gasteiger partial charge is 0.251 e. The van der Waals surface area contributed by atoms with E-state index >= 15 is 0 Å². The number of ether oxygens (including phenoxy) is 5. The molecule has 0 bridgehead atoms. The molecule has 6 rings (SSSR count). The quantitative estimate of drug-likeness (QED) is 0.252. The Labute approximate surface area is 251 Å². The molecule has 0 atom stereocenters. The molecule has 1 amide bonds. The molecule has 10 heteroatoms. The molecule has 0 unspecified atom stereocenters. The molecule has 2 spiro atoms. The van der Waals surface area contributed by atoms with Crippen LogP contribution in [0.1, 0.15) is 38.7 Å². The van der Waals surface area contributed by atoms with E-state index in [4.69, 9.17) is 23.7 Å². The number of nitrogens with zero attached hydrogens (tertiary/aromatic N) is 2. The molecule has 2 N–H and O–H groups in total. The average Bonchev–Trinajstić information content (AvgIpc) is 3.51. The van der Waals surface area contributed by atoms with Gasteiger partial charge >= 0.3 is 0 Å². The molecule has 3 aliphatic rings. The van der Waals surface area contributed by atoms with E-state index in [0.29, 0.717) is 59.5 Å². The summed E-state index contributed by atoms with van der Waals surface area (Å²) in [5.74, 6) is 1.44. The molecule has 1 aliphatic carbocycles. The average molecular weight is 590 g/mol. The molecule has 2 aromatic carbocycles. The van der Waals surface area contributed by atoms with Crippen LogP contribution in [0.4, 0.5) is 0 Å². The van der Waals surface area contributed by atoms with Gasteiger partial charge in [0, 0.05) is 60.4 Å². The summed E-state index contributed by atoms with van der Waals surface area (Å²) in [6.07, 6.45) is 4.87. The van der Waals surface area contributed by atoms with Gasteiger partial charge in [-0.1, -0.05) is 5.57 Å². The molecule has 1 aromatic heterocycles. The number of fused-ring (bicyclic) bond motifs is 2. The van der Waals surface area contributed by atoms with Gasteiger partial charge in [0.25, 0.3) is 5.91 Å². The number of pyridine rings is 1. The number of amides is 1. The van der Waals surface area contributed by atoms with Crippen molar-refractivity contribution in [3.63, 3.8) is 0 Å². The van der Waals surface area contributed by atoms with Crippen LogP contribution < -0.4 is 19.5 Å². The molecule has 43 heavy (non-hydrogen) atoms. The molecular formula is C33H39N3O7. The molecule has 3 aromatic rings. The SMILES string of the molecule is CNC(=O)C(=C(C)C)c1ccc(Oc2ccnc3cc(OCCCN4CC5(CC5)C5(C4)OCCO5)c(OC)cc23)cc1O. The number of phenols is 1. The lowest BCUT2D eigenvalue weighted by Gasteiger charge is -2.28. The zero-order valence-electron chi connectivity index (χ0n) is 25.2. The van der Waals surface area contributed by atoms with Gasteiger partial charge in [0.15, 0.2) is 17.3 Å². The zero-order chi connectivity index (χ0) is 30.2. The third-order valence-electron chi connectivity index (χ3n) is 8.66. The van der Waals surface area contributed by atoms with Crippen LogP contribution in [0.5, 0.6) is 28.7 Å². The van der Waals surface area contributed by atoms with Crippen molar-refractivity contribution in [1.82, 2.24) is 15.2 Å². The van der Waals surface area contributed by atoms with Gasteiger partial charge in [-0.25, -0.2) is 0 Å². The predicted octanol–water partition coefficient (Wildman–Crippen LogP) is 4.89. The number of hydrogen-bond donors (Lipinski definition) is 2. The Hall–Kier alpha value is -3.86. The lowest BCUT2D eigenvalue weighted by atomic mass is 9.99. The summed E-state index contributed by atoms with van der Waals surface area (Å²) < 4.78 is 30.2. The molecule has 1 saturated carbocycles. The molecule has 3 fully saturated rings. The van der Waals surface area contributed by atoms with E-state index in [-0.39, 0.29) is 17.1 Å². The monoisotopic (exact) mass is 589 g/mol. The molecule has 3 heterocycles. The number of carbonyl (C=O) groups is 1. The Kier molecular flexibility index (Phi) is 7.93. The van der Waals surface area contributed by atoms with E-state index in [1.165, 1.54) is 18.9 Å². The second kappa shape index (κ2) is 11.7. The maximum absolute atomic E-state index is 12.4. The van der Waals surface area contributed by atoms with Gasteiger partial charge in [-0.2, -0.15) is 0 Å². The standard InChI is InChI=1S/C33H39N3O7/c1-21(2)30(31(38)34-3)23-7-6-22(16-26(23)37)43-27-8-11-35-25-18-29(28(39-4)17-24(25)27)40-13-5-12-36-19-32(9-10-32)33(20-36)41-14-15-42-33/h6-8,11,16-18,37H,5,9-10,12-15,19-20H2,1-4H3,(H,34,38). The number of rotatable bonds is 10. The van der Waals surface area contributed by atoms with E-state index in [1.807, 2.05) is 26.0 Å². The molecule has 2 saturated heterocycles. The second-order valence-electron chi connectivity index (χ2n) is 11.7. The summed E-state index contributed by atoms with van der Waals surface area (Å²) in [5.41, 5.74) is 2.52. The van der Waals surface area contributed by atoms with Crippen molar-refractivity contribution in [3.05, 3.63) is 53.7 Å². The first-order valence-electron chi connectivity index (χ1n) is 14.8. The topological polar surface area (TPSA) is 112 Å². The number of benzene rings is 2. The maximum Gasteiger partial charge on any atom is 0.251 e. The van der Waals surface area contributed by atoms with Gasteiger partial charge in [0.1, 0.15) is 17.2 Å². The van der Waals surface area contributed by atoms with E-state index in [0.717, 1.165) is 37.0 Å². The van der Waals surface area contributed by atoms with Crippen LogP contribution in [0.15, 0.2) is 48.2 Å². The lowest BCUT2D eigenvalue weighted by molar-refractivity contribution is -0.182. The first-order valence-corrected chi connectivity index (χ1v) is 14.8. The number of phenolic OH excluding ortho intramolecular Hbond substituents is 1. The number of likely N-dealkylation sites (tertiary alicyclic amines) is 1. The van der Waals surface area contributed by atoms with Crippen LogP contribution >= 0.6 is 0 Å². The highest BCUT2D eigenvalue weighted by atomic mass is 16.7. The highest BCUT2D eigenvalue weighted by molar-refractivity contribution is 6.21. The summed E-state index contributed by atoms with van der Waals surface area (Å²) in [6.45, 7) is 8.31. The van der Waals surface area contributed by atoms with Crippen molar-refractivity contribution in [2.24, 2.45) is 5.41 Å². The van der Waals surface area contributed by atoms with E-state index in [1.54, 1.807) is 38.6 Å². The van der Waals surface area contributed by atoms with Crippen molar-refractivity contribution in [2.45, 2.75) is 38.9 Å². The van der Waals surface area contributed by atoms with E-state index in [9.17, 15) is 9.90 Å². The van der Waals surface area contributed by atoms with Crippen LogP contribution in [0.2, 0.25) is 0 Å². The number of aromatic nitrogens is 1. The van der Waals surface area contributed by atoms with Crippen molar-refractivity contribution < 1.29 is 33.6 Å². The Bertz CT molecular complexity index is 1560. The summed E-state index contributed by atoms with van der Waals surface area (Å²) in [4.78, 5) is 19.3. The van der Waals surface area contributed by atoms with Crippen LogP contribution in [0.25, 0.3) is 16.5 Å². The highest BCUT2D eigenvalue weighted by Crippen LogP contribution is 2.61. The summed E-state index contributed by atoms with van der Waals surface area (Å²) in [6, 6.07) is 10.4. The minimum Gasteiger partial charge on any atom is -0.507 e. The van der Waals surface area contributed by atoms with Crippen molar-refractivity contribution in [2.75, 3.05) is 53.6 Å². The largest absolute Gasteiger partial charge is 0.507 e. The van der Waals surface area contributed by atoms with Gasteiger partial charge in [0.05, 0.1) is 39.0 Å². The molecule has 0 radical (unpaired) electrons. The molecule has 2 aliphatic heterocycles. The van der Waals surface area contributed by atoms with Crippen LogP contribution in [-0.4, -0.2) is 80.3 Å². The number of aromatic hydroxyl groups is 1. The Morgan fingerprint density at radius 2 is 1.86 bits per heavy atom. The number of likely N-dealkylation sites (N-methyl/N-ethyl adjacent to an activating group) is 1. The van der Waals surface area contributed by atoms with E-state index in [2.05, 4.69) is 15.2 Å². The van der Waals surface area contributed by atoms with Crippen molar-refractivity contribution in [1.29, 1.82) is 0 Å². The fourth-order valence-corrected chi connectivity index (χ4v) is 6.38. The fourth-order valence-electron chi connectivity index (χ4n) is 6.38. The first kappa shape index (κ1) is 29.2. The maximum atomic E-state index is 12.4. The number of allylic oxidation sites excluding steroid dienone is 1. The van der Waals surface area contributed by atoms with E-state index < -0.39 is 5.79 Å². The van der Waals surface area contributed by atoms with Gasteiger partial charge in [-0.05, 0) is 57.4 Å². The van der Waals surface area contributed by atoms with Crippen molar-refractivity contribution >= 4 is 22.4 Å². The predicted molar refractivity (Wildman–Crippen MR) is 162 cm³/mol. The zero-order valence-corrected chi connectivity index (χ0v) is 25.2. The first-order chi connectivity index (χ1) is 20.8. The molecule has 10 nitrogen and oxygen atoms in total. The van der Waals surface area contributed by atoms with Crippen molar-refractivity contribution in [3.8, 4) is 28.7 Å². The van der Waals surface area contributed by atoms with Gasteiger partial charge in [0.2, 0.25) is 0 Å².